The Hall–Kier alpha value is 0.420. The highest BCUT2D eigenvalue weighted by Gasteiger charge is 2.17. The number of halogens is 3. The molecule has 0 saturated carbocycles. The number of hydrogen-bond acceptors (Lipinski definition) is 2. The van der Waals surface area contributed by atoms with Crippen molar-refractivity contribution in [3.05, 3.63) is 19.2 Å². The van der Waals surface area contributed by atoms with Gasteiger partial charge in [0.15, 0.2) is 0 Å². The summed E-state index contributed by atoms with van der Waals surface area (Å²) in [5, 5.41) is 0. The van der Waals surface area contributed by atoms with Gasteiger partial charge in [0.1, 0.15) is 0 Å². The van der Waals surface area contributed by atoms with E-state index in [2.05, 4.69) is 38.8 Å². The summed E-state index contributed by atoms with van der Waals surface area (Å²) in [6.07, 6.45) is 0.941. The average molecular weight is 390 g/mol. The molecule has 1 aromatic rings. The van der Waals surface area contributed by atoms with Crippen LogP contribution in [0.5, 0.6) is 0 Å². The molecular weight excluding hydrogens is 377 g/mol. The fourth-order valence-corrected chi connectivity index (χ4v) is 3.50. The zero-order valence-corrected chi connectivity index (χ0v) is 13.5. The minimum Gasteiger partial charge on any atom is -0.337 e. The highest BCUT2D eigenvalue weighted by molar-refractivity contribution is 9.13. The summed E-state index contributed by atoms with van der Waals surface area (Å²) in [4.78, 5) is 14.6. The van der Waals surface area contributed by atoms with E-state index in [1.165, 1.54) is 11.3 Å². The molecule has 0 aliphatic rings. The lowest BCUT2D eigenvalue weighted by atomic mass is 10.3. The molecule has 0 bridgehead atoms. The second-order valence-corrected chi connectivity index (χ2v) is 6.82. The van der Waals surface area contributed by atoms with Gasteiger partial charge in [-0.15, -0.1) is 22.9 Å². The molecule has 90 valence electrons. The lowest BCUT2D eigenvalue weighted by molar-refractivity contribution is 0.0770. The second-order valence-electron chi connectivity index (χ2n) is 3.21. The van der Waals surface area contributed by atoms with E-state index in [0.29, 0.717) is 12.4 Å². The Morgan fingerprint density at radius 1 is 1.50 bits per heavy atom. The number of amides is 1. The molecule has 16 heavy (non-hydrogen) atoms. The first-order valence-corrected chi connectivity index (χ1v) is 7.84. The van der Waals surface area contributed by atoms with Crippen molar-refractivity contribution < 1.29 is 4.79 Å². The van der Waals surface area contributed by atoms with Gasteiger partial charge in [0.05, 0.1) is 8.66 Å². The van der Waals surface area contributed by atoms with Crippen LogP contribution in [0.2, 0.25) is 0 Å². The van der Waals surface area contributed by atoms with E-state index in [-0.39, 0.29) is 5.91 Å². The number of alkyl halides is 1. The van der Waals surface area contributed by atoms with Gasteiger partial charge in [0, 0.05) is 23.4 Å². The van der Waals surface area contributed by atoms with Crippen molar-refractivity contribution in [3.8, 4) is 0 Å². The van der Waals surface area contributed by atoms with E-state index in [0.717, 1.165) is 26.1 Å². The molecule has 0 aliphatic carbocycles. The maximum absolute atomic E-state index is 12.1. The van der Waals surface area contributed by atoms with Crippen molar-refractivity contribution in [2.75, 3.05) is 19.0 Å². The van der Waals surface area contributed by atoms with Crippen LogP contribution in [0.4, 0.5) is 0 Å². The highest BCUT2D eigenvalue weighted by atomic mass is 79.9. The van der Waals surface area contributed by atoms with E-state index in [9.17, 15) is 4.79 Å². The third-order valence-corrected chi connectivity index (χ3v) is 5.40. The fourth-order valence-electron chi connectivity index (χ4n) is 1.29. The van der Waals surface area contributed by atoms with Gasteiger partial charge in [-0.25, -0.2) is 0 Å². The average Bonchev–Trinajstić information content (AvgIpc) is 2.58. The Morgan fingerprint density at radius 2 is 2.19 bits per heavy atom. The SMILES string of the molecule is CCCN(CCCl)C(=O)c1cc(Br)c(Br)s1. The maximum atomic E-state index is 12.1. The summed E-state index contributed by atoms with van der Waals surface area (Å²) in [6, 6.07) is 1.84. The van der Waals surface area contributed by atoms with Gasteiger partial charge in [-0.2, -0.15) is 0 Å². The number of carbonyl (C=O) groups excluding carboxylic acids is 1. The summed E-state index contributed by atoms with van der Waals surface area (Å²) in [6.45, 7) is 3.40. The van der Waals surface area contributed by atoms with Crippen molar-refractivity contribution >= 4 is 60.7 Å². The van der Waals surface area contributed by atoms with Gasteiger partial charge in [-0.05, 0) is 44.3 Å². The van der Waals surface area contributed by atoms with Crippen LogP contribution in [0.25, 0.3) is 0 Å². The first kappa shape index (κ1) is 14.5. The third-order valence-electron chi connectivity index (χ3n) is 1.99. The van der Waals surface area contributed by atoms with Gasteiger partial charge in [0.2, 0.25) is 0 Å². The normalized spacial score (nSPS) is 10.5. The predicted molar refractivity (Wildman–Crippen MR) is 76.6 cm³/mol. The van der Waals surface area contributed by atoms with Crippen LogP contribution < -0.4 is 0 Å². The van der Waals surface area contributed by atoms with Crippen LogP contribution in [0, 0.1) is 0 Å². The Balaban J connectivity index is 2.81. The number of carbonyl (C=O) groups is 1. The molecule has 0 spiro atoms. The molecule has 1 rings (SSSR count). The minimum absolute atomic E-state index is 0.0545. The summed E-state index contributed by atoms with van der Waals surface area (Å²) in [7, 11) is 0. The van der Waals surface area contributed by atoms with Crippen LogP contribution in [0.1, 0.15) is 23.0 Å². The smallest absolute Gasteiger partial charge is 0.264 e. The Labute approximate surface area is 121 Å². The molecule has 0 N–H and O–H groups in total. The molecule has 0 aromatic carbocycles. The Bertz CT molecular complexity index is 344. The van der Waals surface area contributed by atoms with E-state index >= 15 is 0 Å². The van der Waals surface area contributed by atoms with Crippen LogP contribution in [0.3, 0.4) is 0 Å². The first-order valence-electron chi connectivity index (χ1n) is 4.90. The van der Waals surface area contributed by atoms with Crippen LogP contribution in [0.15, 0.2) is 14.3 Å². The zero-order valence-electron chi connectivity index (χ0n) is 8.80. The summed E-state index contributed by atoms with van der Waals surface area (Å²) >= 11 is 13.9. The molecule has 0 aliphatic heterocycles. The zero-order chi connectivity index (χ0) is 12.1. The topological polar surface area (TPSA) is 20.3 Å². The second kappa shape index (κ2) is 6.99. The predicted octanol–water partition coefficient (Wildman–Crippen LogP) is 4.36. The highest BCUT2D eigenvalue weighted by Crippen LogP contribution is 2.32. The molecule has 6 heteroatoms. The molecule has 1 aromatic heterocycles. The third kappa shape index (κ3) is 3.72. The van der Waals surface area contributed by atoms with Gasteiger partial charge in [0.25, 0.3) is 5.91 Å². The molecule has 0 unspecified atom stereocenters. The fraction of sp³-hybridized carbons (Fsp3) is 0.500. The molecule has 2 nitrogen and oxygen atoms in total. The molecule has 1 amide bonds. The molecule has 1 heterocycles. The number of thiophene rings is 1. The van der Waals surface area contributed by atoms with E-state index < -0.39 is 0 Å². The van der Waals surface area contributed by atoms with Crippen molar-refractivity contribution in [2.45, 2.75) is 13.3 Å². The van der Waals surface area contributed by atoms with Crippen LogP contribution >= 0.6 is 54.8 Å². The quantitative estimate of drug-likeness (QED) is 0.685. The molecule has 0 fully saturated rings. The van der Waals surface area contributed by atoms with Gasteiger partial charge < -0.3 is 4.90 Å². The van der Waals surface area contributed by atoms with E-state index in [1.54, 1.807) is 4.90 Å². The summed E-state index contributed by atoms with van der Waals surface area (Å²) < 4.78 is 1.86. The minimum atomic E-state index is 0.0545. The van der Waals surface area contributed by atoms with Crippen LogP contribution in [-0.2, 0) is 0 Å². The van der Waals surface area contributed by atoms with E-state index in [1.807, 2.05) is 6.07 Å². The van der Waals surface area contributed by atoms with Crippen molar-refractivity contribution in [2.24, 2.45) is 0 Å². The number of hydrogen-bond donors (Lipinski definition) is 0. The lowest BCUT2D eigenvalue weighted by Crippen LogP contribution is -2.32. The van der Waals surface area contributed by atoms with E-state index in [4.69, 9.17) is 11.6 Å². The molecule has 0 radical (unpaired) electrons. The van der Waals surface area contributed by atoms with Crippen molar-refractivity contribution in [1.82, 2.24) is 4.90 Å². The first-order chi connectivity index (χ1) is 7.60. The summed E-state index contributed by atoms with van der Waals surface area (Å²) in [5.74, 6) is 0.526. The lowest BCUT2D eigenvalue weighted by Gasteiger charge is -2.19. The molecular formula is C10H12Br2ClNOS. The number of rotatable bonds is 5. The van der Waals surface area contributed by atoms with Crippen LogP contribution in [-0.4, -0.2) is 29.8 Å². The van der Waals surface area contributed by atoms with Crippen molar-refractivity contribution in [1.29, 1.82) is 0 Å². The van der Waals surface area contributed by atoms with Gasteiger partial charge in [-0.1, -0.05) is 6.92 Å². The molecule has 0 saturated heterocycles. The largest absolute Gasteiger partial charge is 0.337 e. The monoisotopic (exact) mass is 387 g/mol. The number of nitrogens with zero attached hydrogens (tertiary/aromatic N) is 1. The van der Waals surface area contributed by atoms with Gasteiger partial charge in [-0.3, -0.25) is 4.79 Å². The maximum Gasteiger partial charge on any atom is 0.264 e. The van der Waals surface area contributed by atoms with Gasteiger partial charge >= 0.3 is 0 Å². The Morgan fingerprint density at radius 3 is 2.62 bits per heavy atom. The Kier molecular flexibility index (Phi) is 6.32. The molecule has 0 atom stereocenters. The van der Waals surface area contributed by atoms with Crippen molar-refractivity contribution in [3.63, 3.8) is 0 Å². The summed E-state index contributed by atoms with van der Waals surface area (Å²) in [5.41, 5.74) is 0. The standard InChI is InChI=1S/C10H12Br2ClNOS/c1-2-4-14(5-3-13)10(15)8-6-7(11)9(12)16-8/h6H,2-5H2,1H3.